The number of rotatable bonds is 3. The van der Waals surface area contributed by atoms with Gasteiger partial charge in [0.05, 0.1) is 42.7 Å². The van der Waals surface area contributed by atoms with Gasteiger partial charge in [0.1, 0.15) is 0 Å². The Bertz CT molecular complexity index is 514. The number of carbonyl (C=O) groups excluding carboxylic acids is 1. The first-order valence-electron chi connectivity index (χ1n) is 6.33. The van der Waals surface area contributed by atoms with Gasteiger partial charge in [-0.1, -0.05) is 6.07 Å². The van der Waals surface area contributed by atoms with Gasteiger partial charge in [0.25, 0.3) is 5.91 Å². The Morgan fingerprint density at radius 3 is 2.76 bits per heavy atom. The number of carbonyl (C=O) groups is 1. The van der Waals surface area contributed by atoms with Gasteiger partial charge in [-0.2, -0.15) is 13.2 Å². The van der Waals surface area contributed by atoms with E-state index >= 15 is 0 Å². The maximum absolute atomic E-state index is 12.7. The maximum atomic E-state index is 12.7. The molecule has 1 unspecified atom stereocenters. The van der Waals surface area contributed by atoms with Crippen molar-refractivity contribution in [3.05, 3.63) is 29.3 Å². The van der Waals surface area contributed by atoms with Crippen LogP contribution in [0.2, 0.25) is 0 Å². The van der Waals surface area contributed by atoms with E-state index in [0.717, 1.165) is 12.1 Å². The van der Waals surface area contributed by atoms with Crippen molar-refractivity contribution in [1.29, 1.82) is 0 Å². The van der Waals surface area contributed by atoms with Gasteiger partial charge >= 0.3 is 6.18 Å². The quantitative estimate of drug-likeness (QED) is 0.829. The lowest BCUT2D eigenvalue weighted by atomic mass is 10.1. The summed E-state index contributed by atoms with van der Waals surface area (Å²) in [6, 6.07) is 3.23. The van der Waals surface area contributed by atoms with Crippen molar-refractivity contribution in [2.75, 3.05) is 32.1 Å². The Balaban J connectivity index is 2.05. The number of hydrogen-bond donors (Lipinski definition) is 2. The first kappa shape index (κ1) is 15.6. The summed E-state index contributed by atoms with van der Waals surface area (Å²) in [6.45, 7) is 1.39. The molecule has 0 aliphatic carbocycles. The molecule has 0 spiro atoms. The minimum Gasteiger partial charge on any atom is -0.398 e. The van der Waals surface area contributed by atoms with Crippen LogP contribution >= 0.6 is 0 Å². The van der Waals surface area contributed by atoms with Crippen LogP contribution < -0.4 is 11.1 Å². The molecule has 0 aromatic heterocycles. The molecule has 1 aromatic carbocycles. The fraction of sp³-hybridized carbons (Fsp3) is 0.462. The molecule has 0 saturated carbocycles. The fourth-order valence-electron chi connectivity index (χ4n) is 1.97. The lowest BCUT2D eigenvalue weighted by Crippen LogP contribution is -2.40. The first-order chi connectivity index (χ1) is 9.89. The smallest absolute Gasteiger partial charge is 0.398 e. The highest BCUT2D eigenvalue weighted by atomic mass is 19.4. The third-order valence-corrected chi connectivity index (χ3v) is 3.03. The van der Waals surface area contributed by atoms with Crippen LogP contribution in [0.15, 0.2) is 18.2 Å². The highest BCUT2D eigenvalue weighted by Crippen LogP contribution is 2.34. The third kappa shape index (κ3) is 3.85. The molecule has 1 amide bonds. The van der Waals surface area contributed by atoms with Crippen molar-refractivity contribution in [2.45, 2.75) is 12.3 Å². The molecule has 3 N–H and O–H groups in total. The summed E-state index contributed by atoms with van der Waals surface area (Å²) in [4.78, 5) is 11.9. The van der Waals surface area contributed by atoms with E-state index in [4.69, 9.17) is 15.2 Å². The number of halogens is 3. The van der Waals surface area contributed by atoms with Crippen LogP contribution in [0.25, 0.3) is 0 Å². The summed E-state index contributed by atoms with van der Waals surface area (Å²) >= 11 is 0. The van der Waals surface area contributed by atoms with E-state index in [1.807, 2.05) is 0 Å². The molecule has 2 rings (SSSR count). The van der Waals surface area contributed by atoms with Gasteiger partial charge in [-0.05, 0) is 12.1 Å². The average Bonchev–Trinajstić information content (AvgIpc) is 2.45. The zero-order valence-corrected chi connectivity index (χ0v) is 11.1. The second-order valence-corrected chi connectivity index (χ2v) is 4.54. The largest absolute Gasteiger partial charge is 0.418 e. The lowest BCUT2D eigenvalue weighted by Gasteiger charge is -2.23. The van der Waals surface area contributed by atoms with E-state index in [-0.39, 0.29) is 18.2 Å². The molecular formula is C13H15F3N2O3. The third-order valence-electron chi connectivity index (χ3n) is 3.03. The van der Waals surface area contributed by atoms with Crippen LogP contribution in [0.3, 0.4) is 0 Å². The van der Waals surface area contributed by atoms with Crippen LogP contribution in [-0.4, -0.2) is 38.4 Å². The van der Waals surface area contributed by atoms with E-state index in [2.05, 4.69) is 5.32 Å². The summed E-state index contributed by atoms with van der Waals surface area (Å²) in [7, 11) is 0. The predicted octanol–water partition coefficient (Wildman–Crippen LogP) is 1.43. The molecule has 1 aromatic rings. The van der Waals surface area contributed by atoms with E-state index < -0.39 is 23.3 Å². The molecule has 1 heterocycles. The maximum Gasteiger partial charge on any atom is 0.418 e. The van der Waals surface area contributed by atoms with Crippen LogP contribution in [0, 0.1) is 0 Å². The zero-order valence-electron chi connectivity index (χ0n) is 11.1. The number of nitrogens with one attached hydrogen (secondary N) is 1. The number of ether oxygens (including phenoxy) is 2. The molecule has 21 heavy (non-hydrogen) atoms. The molecule has 1 aliphatic heterocycles. The molecule has 8 heteroatoms. The molecular weight excluding hydrogens is 289 g/mol. The predicted molar refractivity (Wildman–Crippen MR) is 68.7 cm³/mol. The van der Waals surface area contributed by atoms with Crippen LogP contribution in [0.1, 0.15) is 15.9 Å². The SMILES string of the molecule is Nc1c(C(=O)NCC2COCCO2)cccc1C(F)(F)F. The minimum atomic E-state index is -4.60. The van der Waals surface area contributed by atoms with E-state index in [9.17, 15) is 18.0 Å². The number of nitrogen functional groups attached to an aromatic ring is 1. The second-order valence-electron chi connectivity index (χ2n) is 4.54. The molecule has 1 fully saturated rings. The van der Waals surface area contributed by atoms with Gasteiger partial charge in [0, 0.05) is 6.54 Å². The van der Waals surface area contributed by atoms with Crippen LogP contribution in [0.4, 0.5) is 18.9 Å². The Kier molecular flexibility index (Phi) is 4.69. The Morgan fingerprint density at radius 1 is 1.38 bits per heavy atom. The molecule has 5 nitrogen and oxygen atoms in total. The summed E-state index contributed by atoms with van der Waals surface area (Å²) in [5.41, 5.74) is 3.63. The van der Waals surface area contributed by atoms with Crippen molar-refractivity contribution >= 4 is 11.6 Å². The van der Waals surface area contributed by atoms with Gasteiger partial charge in [-0.3, -0.25) is 4.79 Å². The molecule has 1 saturated heterocycles. The van der Waals surface area contributed by atoms with Crippen LogP contribution in [-0.2, 0) is 15.7 Å². The Morgan fingerprint density at radius 2 is 2.14 bits per heavy atom. The van der Waals surface area contributed by atoms with Gasteiger partial charge in [0.2, 0.25) is 0 Å². The van der Waals surface area contributed by atoms with Gasteiger partial charge in [-0.25, -0.2) is 0 Å². The number of amides is 1. The van der Waals surface area contributed by atoms with Gasteiger partial charge < -0.3 is 20.5 Å². The molecule has 0 radical (unpaired) electrons. The first-order valence-corrected chi connectivity index (χ1v) is 6.33. The van der Waals surface area contributed by atoms with E-state index in [1.165, 1.54) is 6.07 Å². The van der Waals surface area contributed by atoms with Crippen molar-refractivity contribution < 1.29 is 27.4 Å². The molecule has 1 atom stereocenters. The number of hydrogen-bond acceptors (Lipinski definition) is 4. The normalized spacial score (nSPS) is 19.3. The summed E-state index contributed by atoms with van der Waals surface area (Å²) in [5, 5.41) is 2.50. The van der Waals surface area contributed by atoms with Crippen LogP contribution in [0.5, 0.6) is 0 Å². The van der Waals surface area contributed by atoms with E-state index in [0.29, 0.717) is 19.8 Å². The number of nitrogens with two attached hydrogens (primary N) is 1. The average molecular weight is 304 g/mol. The van der Waals surface area contributed by atoms with Crippen molar-refractivity contribution in [3.8, 4) is 0 Å². The number of alkyl halides is 3. The zero-order chi connectivity index (χ0) is 15.5. The minimum absolute atomic E-state index is 0.147. The Labute approximate surface area is 119 Å². The number of anilines is 1. The van der Waals surface area contributed by atoms with Crippen molar-refractivity contribution in [1.82, 2.24) is 5.32 Å². The molecule has 1 aliphatic rings. The Hall–Kier alpha value is -1.80. The highest BCUT2D eigenvalue weighted by Gasteiger charge is 2.34. The monoisotopic (exact) mass is 304 g/mol. The summed E-state index contributed by atoms with van der Waals surface area (Å²) in [6.07, 6.45) is -4.91. The summed E-state index contributed by atoms with van der Waals surface area (Å²) < 4.78 is 48.6. The number of para-hydroxylation sites is 1. The van der Waals surface area contributed by atoms with Crippen molar-refractivity contribution in [2.24, 2.45) is 0 Å². The van der Waals surface area contributed by atoms with Crippen molar-refractivity contribution in [3.63, 3.8) is 0 Å². The second kappa shape index (κ2) is 6.31. The standard InChI is InChI=1S/C13H15F3N2O3/c14-13(15,16)10-3-1-2-9(11(10)17)12(19)18-6-8-7-20-4-5-21-8/h1-3,8H,4-7,17H2,(H,18,19). The topological polar surface area (TPSA) is 73.6 Å². The number of benzene rings is 1. The summed E-state index contributed by atoms with van der Waals surface area (Å²) in [5.74, 6) is -0.673. The lowest BCUT2D eigenvalue weighted by molar-refractivity contribution is -0.136. The van der Waals surface area contributed by atoms with Gasteiger partial charge in [-0.15, -0.1) is 0 Å². The van der Waals surface area contributed by atoms with Gasteiger partial charge in [0.15, 0.2) is 0 Å². The van der Waals surface area contributed by atoms with E-state index in [1.54, 1.807) is 0 Å². The molecule has 116 valence electrons. The molecule has 0 bridgehead atoms. The highest BCUT2D eigenvalue weighted by molar-refractivity contribution is 5.99. The fourth-order valence-corrected chi connectivity index (χ4v) is 1.97.